The Morgan fingerprint density at radius 3 is 2.96 bits per heavy atom. The van der Waals surface area contributed by atoms with Crippen LogP contribution in [0.5, 0.6) is 5.88 Å². The molecule has 0 spiro atoms. The molecule has 26 heavy (non-hydrogen) atoms. The lowest BCUT2D eigenvalue weighted by molar-refractivity contribution is -0.109. The van der Waals surface area contributed by atoms with Gasteiger partial charge in [-0.15, -0.1) is 0 Å². The molecule has 0 aliphatic carbocycles. The van der Waals surface area contributed by atoms with Crippen LogP contribution < -0.4 is 10.1 Å². The van der Waals surface area contributed by atoms with E-state index in [0.29, 0.717) is 46.6 Å². The van der Waals surface area contributed by atoms with E-state index in [4.69, 9.17) is 10.00 Å². The lowest BCUT2D eigenvalue weighted by Gasteiger charge is -2.30. The fraction of sp³-hybridized carbons (Fsp3) is 0.471. The first-order valence-electron chi connectivity index (χ1n) is 8.43. The maximum absolute atomic E-state index is 10.6. The second-order valence-corrected chi connectivity index (χ2v) is 7.16. The van der Waals surface area contributed by atoms with Crippen LogP contribution in [0, 0.1) is 24.2 Å². The van der Waals surface area contributed by atoms with Crippen LogP contribution in [0.2, 0.25) is 0 Å². The van der Waals surface area contributed by atoms with Crippen LogP contribution in [0.15, 0.2) is 12.3 Å². The van der Waals surface area contributed by atoms with E-state index in [0.717, 1.165) is 32.2 Å². The smallest absolute Gasteiger partial charge is 0.218 e. The number of likely N-dealkylation sites (tertiary alicyclic amines) is 1. The number of hydrogen-bond acceptors (Lipinski definition) is 9. The van der Waals surface area contributed by atoms with Crippen molar-refractivity contribution in [2.75, 3.05) is 31.6 Å². The summed E-state index contributed by atoms with van der Waals surface area (Å²) in [4.78, 5) is 26.1. The number of anilines is 2. The number of nitrogens with zero attached hydrogens (tertiary/aromatic N) is 5. The van der Waals surface area contributed by atoms with Crippen LogP contribution in [0.25, 0.3) is 0 Å². The summed E-state index contributed by atoms with van der Waals surface area (Å²) in [5.74, 6) is 2.17. The van der Waals surface area contributed by atoms with Crippen molar-refractivity contribution in [1.29, 1.82) is 5.26 Å². The topological polar surface area (TPSA) is 104 Å². The van der Waals surface area contributed by atoms with Crippen LogP contribution in [0.3, 0.4) is 0 Å². The Bertz CT molecular complexity index is 795. The largest absolute Gasteiger partial charge is 0.477 e. The molecule has 1 aliphatic rings. The molecule has 0 bridgehead atoms. The number of nitrogens with one attached hydrogen (secondary N) is 1. The van der Waals surface area contributed by atoms with Crippen LogP contribution in [-0.4, -0.2) is 52.4 Å². The number of rotatable bonds is 7. The van der Waals surface area contributed by atoms with E-state index in [2.05, 4.69) is 31.2 Å². The summed E-state index contributed by atoms with van der Waals surface area (Å²) in [6, 6.07) is 3.80. The molecule has 0 saturated carbocycles. The van der Waals surface area contributed by atoms with E-state index in [1.165, 1.54) is 17.5 Å². The average Bonchev–Trinajstić information content (AvgIpc) is 3.08. The van der Waals surface area contributed by atoms with E-state index < -0.39 is 0 Å². The lowest BCUT2D eigenvalue weighted by atomic mass is 9.98. The molecule has 0 aromatic carbocycles. The molecule has 0 radical (unpaired) electrons. The Morgan fingerprint density at radius 1 is 1.46 bits per heavy atom. The van der Waals surface area contributed by atoms with Gasteiger partial charge in [0.2, 0.25) is 5.88 Å². The highest BCUT2D eigenvalue weighted by Gasteiger charge is 2.19. The van der Waals surface area contributed by atoms with Crippen molar-refractivity contribution in [1.82, 2.24) is 19.9 Å². The second kappa shape index (κ2) is 8.69. The number of ether oxygens (including phenoxy) is 1. The third-order valence-electron chi connectivity index (χ3n) is 4.17. The number of nitriles is 1. The predicted molar refractivity (Wildman–Crippen MR) is 97.6 cm³/mol. The quantitative estimate of drug-likeness (QED) is 0.737. The van der Waals surface area contributed by atoms with Crippen molar-refractivity contribution in [3.05, 3.63) is 23.0 Å². The third-order valence-corrected chi connectivity index (χ3v) is 4.99. The monoisotopic (exact) mass is 372 g/mol. The zero-order valence-corrected chi connectivity index (χ0v) is 15.3. The summed E-state index contributed by atoms with van der Waals surface area (Å²) < 4.78 is 5.88. The van der Waals surface area contributed by atoms with Gasteiger partial charge >= 0.3 is 0 Å². The molecule has 1 aliphatic heterocycles. The van der Waals surface area contributed by atoms with Crippen molar-refractivity contribution in [3.8, 4) is 11.9 Å². The first-order valence-corrected chi connectivity index (χ1v) is 9.25. The molecule has 1 fully saturated rings. The number of aryl methyl sites for hydroxylation is 1. The molecular weight excluding hydrogens is 352 g/mol. The van der Waals surface area contributed by atoms with Crippen LogP contribution in [0.1, 0.15) is 23.5 Å². The van der Waals surface area contributed by atoms with E-state index in [-0.39, 0.29) is 0 Å². The Kier molecular flexibility index (Phi) is 6.09. The normalized spacial score (nSPS) is 15.4. The maximum Gasteiger partial charge on any atom is 0.218 e. The number of piperidine rings is 1. The Balaban J connectivity index is 1.56. The molecule has 3 heterocycles. The van der Waals surface area contributed by atoms with Crippen LogP contribution >= 0.6 is 11.3 Å². The molecular formula is C17H20N6O2S. The van der Waals surface area contributed by atoms with Gasteiger partial charge in [-0.25, -0.2) is 9.97 Å². The molecule has 3 rings (SSSR count). The highest BCUT2D eigenvalue weighted by Crippen LogP contribution is 2.24. The second-order valence-electron chi connectivity index (χ2n) is 6.13. The number of carbonyl (C=O) groups is 1. The van der Waals surface area contributed by atoms with Gasteiger partial charge in [0, 0.05) is 6.07 Å². The van der Waals surface area contributed by atoms with Gasteiger partial charge < -0.3 is 14.8 Å². The van der Waals surface area contributed by atoms with Crippen molar-refractivity contribution in [2.45, 2.75) is 19.8 Å². The summed E-state index contributed by atoms with van der Waals surface area (Å²) in [6.07, 6.45) is 4.50. The molecule has 2 aromatic heterocycles. The first-order chi connectivity index (χ1) is 12.7. The van der Waals surface area contributed by atoms with Gasteiger partial charge in [-0.05, 0) is 38.8 Å². The van der Waals surface area contributed by atoms with Gasteiger partial charge in [0.15, 0.2) is 5.13 Å². The highest BCUT2D eigenvalue weighted by molar-refractivity contribution is 7.16. The van der Waals surface area contributed by atoms with E-state index in [1.807, 2.05) is 0 Å². The summed E-state index contributed by atoms with van der Waals surface area (Å²) in [6.45, 7) is 4.76. The van der Waals surface area contributed by atoms with E-state index in [1.54, 1.807) is 13.0 Å². The van der Waals surface area contributed by atoms with Gasteiger partial charge in [0.05, 0.1) is 19.3 Å². The lowest BCUT2D eigenvalue weighted by Crippen LogP contribution is -2.36. The summed E-state index contributed by atoms with van der Waals surface area (Å²) in [5, 5.41) is 12.6. The number of aromatic nitrogens is 3. The van der Waals surface area contributed by atoms with Crippen molar-refractivity contribution in [2.24, 2.45) is 5.92 Å². The zero-order chi connectivity index (χ0) is 18.4. The van der Waals surface area contributed by atoms with Crippen molar-refractivity contribution >= 4 is 28.6 Å². The molecule has 1 saturated heterocycles. The van der Waals surface area contributed by atoms with Gasteiger partial charge in [0.25, 0.3) is 0 Å². The minimum absolute atomic E-state index is 0.460. The summed E-state index contributed by atoms with van der Waals surface area (Å²) >= 11 is 1.27. The minimum Gasteiger partial charge on any atom is -0.477 e. The number of hydrogen-bond donors (Lipinski definition) is 1. The molecule has 9 heteroatoms. The highest BCUT2D eigenvalue weighted by atomic mass is 32.1. The first kappa shape index (κ1) is 18.2. The predicted octanol–water partition coefficient (Wildman–Crippen LogP) is 2.15. The average molecular weight is 372 g/mol. The Hall–Kier alpha value is -2.57. The fourth-order valence-corrected chi connectivity index (χ4v) is 3.44. The molecule has 2 aromatic rings. The van der Waals surface area contributed by atoms with Crippen molar-refractivity contribution < 1.29 is 9.53 Å². The number of thiazole rings is 1. The van der Waals surface area contributed by atoms with Crippen LogP contribution in [-0.2, 0) is 4.79 Å². The van der Waals surface area contributed by atoms with E-state index >= 15 is 0 Å². The molecule has 1 N–H and O–H groups in total. The number of aldehydes is 1. The van der Waals surface area contributed by atoms with Crippen LogP contribution in [0.4, 0.5) is 10.9 Å². The summed E-state index contributed by atoms with van der Waals surface area (Å²) in [5.41, 5.74) is 0. The number of carbonyl (C=O) groups excluding carboxylic acids is 1. The zero-order valence-electron chi connectivity index (χ0n) is 14.5. The standard InChI is InChI=1S/C17H20N6O2S/c1-12-20-15(22-17-19-10-14(9-18)26-17)8-16(21-12)25-11-13-2-4-23(5-3-13)6-7-24/h7-8,10,13H,2-6,11H2,1H3,(H,19,20,21,22). The Morgan fingerprint density at radius 2 is 2.27 bits per heavy atom. The molecule has 8 nitrogen and oxygen atoms in total. The van der Waals surface area contributed by atoms with Crippen molar-refractivity contribution in [3.63, 3.8) is 0 Å². The van der Waals surface area contributed by atoms with E-state index in [9.17, 15) is 4.79 Å². The maximum atomic E-state index is 10.6. The summed E-state index contributed by atoms with van der Waals surface area (Å²) in [7, 11) is 0. The fourth-order valence-electron chi connectivity index (χ4n) is 2.82. The van der Waals surface area contributed by atoms with Gasteiger partial charge in [0.1, 0.15) is 28.9 Å². The minimum atomic E-state index is 0.460. The molecule has 136 valence electrons. The Labute approximate surface area is 155 Å². The molecule has 0 amide bonds. The van der Waals surface area contributed by atoms with Gasteiger partial charge in [-0.3, -0.25) is 4.90 Å². The molecule has 0 unspecified atom stereocenters. The third kappa shape index (κ3) is 4.97. The molecule has 0 atom stereocenters. The van der Waals surface area contributed by atoms with Gasteiger partial charge in [-0.2, -0.15) is 10.2 Å². The SMILES string of the molecule is Cc1nc(Nc2ncc(C#N)s2)cc(OCC2CCN(CC=O)CC2)n1. The van der Waals surface area contributed by atoms with Gasteiger partial charge in [-0.1, -0.05) is 11.3 Å².